The summed E-state index contributed by atoms with van der Waals surface area (Å²) in [6, 6.07) is 2.68. The molecule has 1 fully saturated rings. The van der Waals surface area contributed by atoms with Crippen molar-refractivity contribution in [1.29, 1.82) is 0 Å². The number of hydrogen-bond donors (Lipinski definition) is 2. The minimum atomic E-state index is -3.83. The number of benzene rings is 1. The smallest absolute Gasteiger partial charge is 0.246 e. The Balaban J connectivity index is 2.47. The average molecular weight is 325 g/mol. The second-order valence-electron chi connectivity index (χ2n) is 4.89. The van der Waals surface area contributed by atoms with Crippen molar-refractivity contribution >= 4 is 38.9 Å². The summed E-state index contributed by atoms with van der Waals surface area (Å²) in [4.78, 5) is -0.156. The maximum atomic E-state index is 12.5. The molecular formula is C11H14Cl2N2O3S. The van der Waals surface area contributed by atoms with Crippen molar-refractivity contribution in [3.63, 3.8) is 0 Å². The van der Waals surface area contributed by atoms with Gasteiger partial charge < -0.3 is 10.8 Å². The van der Waals surface area contributed by atoms with Crippen LogP contribution in [0, 0.1) is 0 Å². The largest absolute Gasteiger partial charge is 0.398 e. The van der Waals surface area contributed by atoms with E-state index in [2.05, 4.69) is 0 Å². The zero-order valence-electron chi connectivity index (χ0n) is 10.2. The number of halogens is 2. The molecule has 0 bridgehead atoms. The first-order valence-electron chi connectivity index (χ1n) is 5.60. The molecule has 106 valence electrons. The highest BCUT2D eigenvalue weighted by atomic mass is 35.5. The fraction of sp³-hybridized carbons (Fsp3) is 0.455. The summed E-state index contributed by atoms with van der Waals surface area (Å²) in [5, 5.41) is 10.1. The van der Waals surface area contributed by atoms with Crippen LogP contribution in [0.3, 0.4) is 0 Å². The van der Waals surface area contributed by atoms with E-state index in [0.717, 1.165) is 0 Å². The monoisotopic (exact) mass is 324 g/mol. The van der Waals surface area contributed by atoms with Gasteiger partial charge in [0.1, 0.15) is 4.90 Å². The average Bonchev–Trinajstić information content (AvgIpc) is 2.57. The van der Waals surface area contributed by atoms with E-state index in [-0.39, 0.29) is 33.7 Å². The molecule has 0 radical (unpaired) electrons. The first-order valence-corrected chi connectivity index (χ1v) is 7.80. The van der Waals surface area contributed by atoms with Crippen molar-refractivity contribution in [3.8, 4) is 0 Å². The van der Waals surface area contributed by atoms with E-state index in [1.807, 2.05) is 0 Å². The SMILES string of the molecule is CC1(O)CCN(S(=O)(=O)c2c(N)cc(Cl)cc2Cl)C1. The van der Waals surface area contributed by atoms with Crippen molar-refractivity contribution in [2.45, 2.75) is 23.8 Å². The number of aliphatic hydroxyl groups is 1. The Morgan fingerprint density at radius 3 is 2.53 bits per heavy atom. The molecule has 1 aromatic carbocycles. The molecule has 3 N–H and O–H groups in total. The lowest BCUT2D eigenvalue weighted by Crippen LogP contribution is -2.34. The molecule has 1 atom stereocenters. The van der Waals surface area contributed by atoms with Crippen LogP contribution in [0.25, 0.3) is 0 Å². The first kappa shape index (κ1) is 14.9. The van der Waals surface area contributed by atoms with Gasteiger partial charge in [0.25, 0.3) is 0 Å². The molecule has 0 aromatic heterocycles. The first-order chi connectivity index (χ1) is 8.63. The summed E-state index contributed by atoms with van der Waals surface area (Å²) >= 11 is 11.7. The molecule has 0 aliphatic carbocycles. The maximum absolute atomic E-state index is 12.5. The van der Waals surface area contributed by atoms with E-state index >= 15 is 0 Å². The Bertz CT molecular complexity index is 593. The summed E-state index contributed by atoms with van der Waals surface area (Å²) in [5.41, 5.74) is 4.68. The maximum Gasteiger partial charge on any atom is 0.246 e. The highest BCUT2D eigenvalue weighted by molar-refractivity contribution is 7.89. The predicted octanol–water partition coefficient (Wildman–Crippen LogP) is 1.72. The second kappa shape index (κ2) is 4.79. The molecule has 19 heavy (non-hydrogen) atoms. The van der Waals surface area contributed by atoms with E-state index in [4.69, 9.17) is 28.9 Å². The van der Waals surface area contributed by atoms with E-state index in [9.17, 15) is 13.5 Å². The van der Waals surface area contributed by atoms with Crippen LogP contribution in [0.15, 0.2) is 17.0 Å². The highest BCUT2D eigenvalue weighted by Gasteiger charge is 2.40. The van der Waals surface area contributed by atoms with Crippen LogP contribution in [0.5, 0.6) is 0 Å². The number of anilines is 1. The molecular weight excluding hydrogens is 311 g/mol. The van der Waals surface area contributed by atoms with Crippen LogP contribution in [0.1, 0.15) is 13.3 Å². The lowest BCUT2D eigenvalue weighted by atomic mass is 10.1. The van der Waals surface area contributed by atoms with Crippen LogP contribution >= 0.6 is 23.2 Å². The molecule has 1 aliphatic rings. The Morgan fingerprint density at radius 1 is 1.42 bits per heavy atom. The Hall–Kier alpha value is -0.530. The predicted molar refractivity (Wildman–Crippen MR) is 74.9 cm³/mol. The molecule has 0 saturated carbocycles. The standard InChI is InChI=1S/C11H14Cl2N2O3S/c1-11(16)2-3-15(6-11)19(17,18)10-8(13)4-7(12)5-9(10)14/h4-5,16H,2-3,6,14H2,1H3. The minimum absolute atomic E-state index is 0.00374. The van der Waals surface area contributed by atoms with Crippen molar-refractivity contribution in [2.24, 2.45) is 0 Å². The number of nitrogens with zero attached hydrogens (tertiary/aromatic N) is 1. The van der Waals surface area contributed by atoms with Gasteiger partial charge in [-0.05, 0) is 25.5 Å². The third-order valence-electron chi connectivity index (χ3n) is 3.05. The van der Waals surface area contributed by atoms with Gasteiger partial charge in [0.2, 0.25) is 10.0 Å². The fourth-order valence-electron chi connectivity index (χ4n) is 2.09. The van der Waals surface area contributed by atoms with Gasteiger partial charge in [0.05, 0.1) is 16.3 Å². The number of hydrogen-bond acceptors (Lipinski definition) is 4. The number of nitrogen functional groups attached to an aromatic ring is 1. The van der Waals surface area contributed by atoms with Crippen molar-refractivity contribution in [3.05, 3.63) is 22.2 Å². The number of nitrogens with two attached hydrogens (primary N) is 1. The molecule has 0 amide bonds. The van der Waals surface area contributed by atoms with Gasteiger partial charge in [-0.25, -0.2) is 8.42 Å². The molecule has 2 rings (SSSR count). The lowest BCUT2D eigenvalue weighted by Gasteiger charge is -2.20. The van der Waals surface area contributed by atoms with Gasteiger partial charge in [-0.15, -0.1) is 0 Å². The van der Waals surface area contributed by atoms with Crippen LogP contribution in [0.2, 0.25) is 10.0 Å². The Labute approximate surface area is 122 Å². The molecule has 1 aromatic rings. The third kappa shape index (κ3) is 2.83. The molecule has 1 aliphatic heterocycles. The Morgan fingerprint density at radius 2 is 2.05 bits per heavy atom. The van der Waals surface area contributed by atoms with Crippen molar-refractivity contribution in [1.82, 2.24) is 4.31 Å². The van der Waals surface area contributed by atoms with E-state index in [1.165, 1.54) is 16.4 Å². The van der Waals surface area contributed by atoms with Crippen LogP contribution < -0.4 is 5.73 Å². The molecule has 8 heteroatoms. The fourth-order valence-corrected chi connectivity index (χ4v) is 4.59. The van der Waals surface area contributed by atoms with E-state index in [0.29, 0.717) is 6.42 Å². The summed E-state index contributed by atoms with van der Waals surface area (Å²) in [5.74, 6) is 0. The summed E-state index contributed by atoms with van der Waals surface area (Å²) < 4.78 is 26.1. The van der Waals surface area contributed by atoms with E-state index in [1.54, 1.807) is 6.92 Å². The van der Waals surface area contributed by atoms with Crippen molar-refractivity contribution in [2.75, 3.05) is 18.8 Å². The van der Waals surface area contributed by atoms with Gasteiger partial charge in [0.15, 0.2) is 0 Å². The lowest BCUT2D eigenvalue weighted by molar-refractivity contribution is 0.0762. The van der Waals surface area contributed by atoms with Gasteiger partial charge >= 0.3 is 0 Å². The summed E-state index contributed by atoms with van der Waals surface area (Å²) in [6.45, 7) is 1.84. The topological polar surface area (TPSA) is 83.6 Å². The second-order valence-corrected chi connectivity index (χ2v) is 7.61. The van der Waals surface area contributed by atoms with E-state index < -0.39 is 15.6 Å². The number of β-amino-alcohol motifs (C(OH)–C–C–N with tert-alkyl or cyclic N) is 1. The van der Waals surface area contributed by atoms with Gasteiger partial charge in [-0.2, -0.15) is 4.31 Å². The minimum Gasteiger partial charge on any atom is -0.398 e. The summed E-state index contributed by atoms with van der Waals surface area (Å²) in [6.07, 6.45) is 0.372. The van der Waals surface area contributed by atoms with Crippen LogP contribution in [-0.4, -0.2) is 36.5 Å². The normalized spacial score (nSPS) is 24.8. The van der Waals surface area contributed by atoms with Gasteiger partial charge in [-0.3, -0.25) is 0 Å². The van der Waals surface area contributed by atoms with Crippen molar-refractivity contribution < 1.29 is 13.5 Å². The molecule has 1 heterocycles. The zero-order valence-corrected chi connectivity index (χ0v) is 12.6. The molecule has 0 spiro atoms. The van der Waals surface area contributed by atoms with Crippen LogP contribution in [0.4, 0.5) is 5.69 Å². The summed E-state index contributed by atoms with van der Waals surface area (Å²) in [7, 11) is -3.83. The quantitative estimate of drug-likeness (QED) is 0.811. The van der Waals surface area contributed by atoms with Crippen LogP contribution in [-0.2, 0) is 10.0 Å². The molecule has 5 nitrogen and oxygen atoms in total. The van der Waals surface area contributed by atoms with Gasteiger partial charge in [-0.1, -0.05) is 23.2 Å². The molecule has 1 saturated heterocycles. The zero-order chi connectivity index (χ0) is 14.4. The third-order valence-corrected chi connectivity index (χ3v) is 5.64. The molecule has 1 unspecified atom stereocenters. The van der Waals surface area contributed by atoms with Gasteiger partial charge in [0, 0.05) is 18.1 Å². The number of rotatable bonds is 2. The Kier molecular flexibility index (Phi) is 3.75. The highest BCUT2D eigenvalue weighted by Crippen LogP contribution is 2.35. The number of sulfonamides is 1.